The van der Waals surface area contributed by atoms with Gasteiger partial charge in [0.1, 0.15) is 17.6 Å². The summed E-state index contributed by atoms with van der Waals surface area (Å²) in [5.41, 5.74) is 1.32. The predicted molar refractivity (Wildman–Crippen MR) is 84.5 cm³/mol. The fraction of sp³-hybridized carbons (Fsp3) is 0.474. The summed E-state index contributed by atoms with van der Waals surface area (Å²) in [6.45, 7) is 0. The maximum atomic E-state index is 12.6. The molecule has 4 heteroatoms. The monoisotopic (exact) mass is 312 g/mol. The first-order valence-corrected chi connectivity index (χ1v) is 8.40. The van der Waals surface area contributed by atoms with Crippen molar-refractivity contribution in [3.05, 3.63) is 41.2 Å². The van der Waals surface area contributed by atoms with Crippen LogP contribution in [0.4, 0.5) is 0 Å². The number of ether oxygens (including phenoxy) is 1. The van der Waals surface area contributed by atoms with E-state index >= 15 is 0 Å². The van der Waals surface area contributed by atoms with Crippen molar-refractivity contribution >= 4 is 11.6 Å². The Morgan fingerprint density at radius 1 is 1.04 bits per heavy atom. The summed E-state index contributed by atoms with van der Waals surface area (Å²) in [6, 6.07) is 7.61. The molecule has 4 rings (SSSR count). The first kappa shape index (κ1) is 14.5. The predicted octanol–water partition coefficient (Wildman–Crippen LogP) is 3.47. The van der Waals surface area contributed by atoms with Crippen LogP contribution in [0.25, 0.3) is 0 Å². The van der Waals surface area contributed by atoms with E-state index in [1.54, 1.807) is 0 Å². The zero-order valence-corrected chi connectivity index (χ0v) is 13.0. The number of benzene rings is 1. The van der Waals surface area contributed by atoms with Gasteiger partial charge in [0, 0.05) is 36.3 Å². The van der Waals surface area contributed by atoms with Gasteiger partial charge >= 0.3 is 0 Å². The molecule has 4 nitrogen and oxygen atoms in total. The zero-order valence-electron chi connectivity index (χ0n) is 13.0. The van der Waals surface area contributed by atoms with Gasteiger partial charge in [0.25, 0.3) is 0 Å². The lowest BCUT2D eigenvalue weighted by Gasteiger charge is -2.42. The second-order valence-corrected chi connectivity index (χ2v) is 6.69. The lowest BCUT2D eigenvalue weighted by Crippen LogP contribution is -2.45. The fourth-order valence-electron chi connectivity index (χ4n) is 4.30. The van der Waals surface area contributed by atoms with Crippen molar-refractivity contribution in [3.63, 3.8) is 0 Å². The molecule has 1 aliphatic heterocycles. The Kier molecular flexibility index (Phi) is 3.47. The molecule has 3 atom stereocenters. The van der Waals surface area contributed by atoms with Gasteiger partial charge in [0.2, 0.25) is 0 Å². The average molecular weight is 312 g/mol. The first-order chi connectivity index (χ1) is 11.2. The molecular formula is C19H20O4. The van der Waals surface area contributed by atoms with Crippen molar-refractivity contribution in [3.8, 4) is 5.75 Å². The van der Waals surface area contributed by atoms with Crippen molar-refractivity contribution in [2.45, 2.75) is 50.5 Å². The van der Waals surface area contributed by atoms with Crippen molar-refractivity contribution < 1.29 is 19.4 Å². The third kappa shape index (κ3) is 2.28. The van der Waals surface area contributed by atoms with Gasteiger partial charge in [-0.3, -0.25) is 9.59 Å². The maximum absolute atomic E-state index is 12.6. The van der Waals surface area contributed by atoms with Gasteiger partial charge in [-0.05, 0) is 25.3 Å². The summed E-state index contributed by atoms with van der Waals surface area (Å²) in [5, 5.41) is 10.4. The first-order valence-electron chi connectivity index (χ1n) is 8.40. The highest BCUT2D eigenvalue weighted by Gasteiger charge is 2.48. The van der Waals surface area contributed by atoms with E-state index in [4.69, 9.17) is 4.74 Å². The molecule has 1 aromatic carbocycles. The molecule has 1 aromatic rings. The lowest BCUT2D eigenvalue weighted by atomic mass is 9.67. The molecule has 0 aromatic heterocycles. The van der Waals surface area contributed by atoms with Crippen LogP contribution in [-0.4, -0.2) is 22.8 Å². The molecule has 1 saturated carbocycles. The molecule has 0 unspecified atom stereocenters. The third-order valence-corrected chi connectivity index (χ3v) is 5.32. The Bertz CT molecular complexity index is 703. The van der Waals surface area contributed by atoms with Gasteiger partial charge < -0.3 is 9.84 Å². The molecular weight excluding hydrogens is 292 g/mol. The van der Waals surface area contributed by atoms with Crippen LogP contribution in [0.3, 0.4) is 0 Å². The highest BCUT2D eigenvalue weighted by atomic mass is 16.5. The van der Waals surface area contributed by atoms with Crippen LogP contribution in [0.15, 0.2) is 35.6 Å². The van der Waals surface area contributed by atoms with E-state index in [1.807, 2.05) is 24.3 Å². The highest BCUT2D eigenvalue weighted by molar-refractivity contribution is 6.00. The van der Waals surface area contributed by atoms with E-state index in [-0.39, 0.29) is 35.3 Å². The van der Waals surface area contributed by atoms with Crippen LogP contribution < -0.4 is 4.74 Å². The van der Waals surface area contributed by atoms with Crippen LogP contribution in [0.1, 0.15) is 50.0 Å². The minimum atomic E-state index is -0.356. The molecule has 3 aliphatic rings. The number of hydrogen-bond donors (Lipinski definition) is 1. The SMILES string of the molecule is O=C1CCCC(O)=C1[C@@H]1c2ccccc2O[C@H]2CCCC(=O)[C@@H]21. The van der Waals surface area contributed by atoms with Crippen LogP contribution in [0.2, 0.25) is 0 Å². The van der Waals surface area contributed by atoms with Gasteiger partial charge in [-0.1, -0.05) is 18.2 Å². The van der Waals surface area contributed by atoms with Gasteiger partial charge in [-0.15, -0.1) is 0 Å². The quantitative estimate of drug-likeness (QED) is 0.862. The molecule has 0 spiro atoms. The van der Waals surface area contributed by atoms with Crippen molar-refractivity contribution in [1.29, 1.82) is 0 Å². The van der Waals surface area contributed by atoms with E-state index in [0.717, 1.165) is 24.2 Å². The molecule has 0 amide bonds. The van der Waals surface area contributed by atoms with Crippen LogP contribution in [-0.2, 0) is 9.59 Å². The number of rotatable bonds is 1. The Balaban J connectivity index is 1.90. The minimum Gasteiger partial charge on any atom is -0.512 e. The van der Waals surface area contributed by atoms with E-state index in [1.165, 1.54) is 0 Å². The smallest absolute Gasteiger partial charge is 0.162 e. The van der Waals surface area contributed by atoms with Crippen molar-refractivity contribution in [1.82, 2.24) is 0 Å². The number of hydrogen-bond acceptors (Lipinski definition) is 4. The summed E-state index contributed by atoms with van der Waals surface area (Å²) in [7, 11) is 0. The number of carbonyl (C=O) groups is 2. The van der Waals surface area contributed by atoms with Crippen molar-refractivity contribution in [2.75, 3.05) is 0 Å². The topological polar surface area (TPSA) is 63.6 Å². The molecule has 1 N–H and O–H groups in total. The summed E-state index contributed by atoms with van der Waals surface area (Å²) in [5.74, 6) is 0.336. The summed E-state index contributed by atoms with van der Waals surface area (Å²) in [6.07, 6.45) is 3.65. The maximum Gasteiger partial charge on any atom is 0.162 e. The second kappa shape index (κ2) is 5.52. The van der Waals surface area contributed by atoms with Gasteiger partial charge in [0.05, 0.1) is 11.7 Å². The zero-order chi connectivity index (χ0) is 16.0. The van der Waals surface area contributed by atoms with Crippen molar-refractivity contribution in [2.24, 2.45) is 5.92 Å². The number of para-hydroxylation sites is 1. The number of Topliss-reactive ketones (excluding diaryl/α,β-unsaturated/α-hetero) is 2. The molecule has 2 aliphatic carbocycles. The lowest BCUT2D eigenvalue weighted by molar-refractivity contribution is -0.130. The fourth-order valence-corrected chi connectivity index (χ4v) is 4.30. The number of aliphatic hydroxyl groups is 1. The molecule has 1 fully saturated rings. The van der Waals surface area contributed by atoms with Crippen LogP contribution >= 0.6 is 0 Å². The van der Waals surface area contributed by atoms with Gasteiger partial charge in [0.15, 0.2) is 5.78 Å². The van der Waals surface area contributed by atoms with Crippen LogP contribution in [0, 0.1) is 5.92 Å². The second-order valence-electron chi connectivity index (χ2n) is 6.69. The standard InChI is InChI=1S/C19H20O4/c20-12-6-3-7-13(21)18(12)17-11-5-1-2-9-15(11)23-16-10-4-8-14(22)19(16)17/h1-2,5,9,16-17,19-20H,3-4,6-8,10H2/t16-,17-,19-/m0/s1. The molecule has 0 saturated heterocycles. The molecule has 23 heavy (non-hydrogen) atoms. The molecule has 120 valence electrons. The van der Waals surface area contributed by atoms with E-state index in [9.17, 15) is 14.7 Å². The van der Waals surface area contributed by atoms with E-state index < -0.39 is 0 Å². The molecule has 1 heterocycles. The summed E-state index contributed by atoms with van der Waals surface area (Å²) < 4.78 is 6.06. The molecule has 0 radical (unpaired) electrons. The number of fused-ring (bicyclic) bond motifs is 2. The normalized spacial score (nSPS) is 30.5. The largest absolute Gasteiger partial charge is 0.512 e. The number of aliphatic hydroxyl groups excluding tert-OH is 1. The minimum absolute atomic E-state index is 0.0208. The summed E-state index contributed by atoms with van der Waals surface area (Å²) >= 11 is 0. The average Bonchev–Trinajstić information content (AvgIpc) is 2.54. The highest BCUT2D eigenvalue weighted by Crippen LogP contribution is 2.49. The number of carbonyl (C=O) groups excluding carboxylic acids is 2. The number of ketones is 2. The van der Waals surface area contributed by atoms with Gasteiger partial charge in [-0.25, -0.2) is 0 Å². The Morgan fingerprint density at radius 3 is 2.70 bits per heavy atom. The van der Waals surface area contributed by atoms with Crippen LogP contribution in [0.5, 0.6) is 5.75 Å². The van der Waals surface area contributed by atoms with Gasteiger partial charge in [-0.2, -0.15) is 0 Å². The number of allylic oxidation sites excluding steroid dienone is 2. The third-order valence-electron chi connectivity index (χ3n) is 5.32. The summed E-state index contributed by atoms with van der Waals surface area (Å²) in [4.78, 5) is 25.1. The Labute approximate surface area is 135 Å². The Morgan fingerprint density at radius 2 is 1.87 bits per heavy atom. The Hall–Kier alpha value is -2.10. The molecule has 0 bridgehead atoms. The van der Waals surface area contributed by atoms with E-state index in [2.05, 4.69) is 0 Å². The van der Waals surface area contributed by atoms with E-state index in [0.29, 0.717) is 31.3 Å².